The first-order valence-electron chi connectivity index (χ1n) is 10.0. The normalized spacial score (nSPS) is 13.3. The summed E-state index contributed by atoms with van der Waals surface area (Å²) in [5.74, 6) is -0.484. The molecule has 0 aliphatic carbocycles. The number of likely N-dealkylation sites (tertiary alicyclic amines) is 1. The molecule has 3 aromatic rings. The molecule has 4 rings (SSSR count). The highest BCUT2D eigenvalue weighted by atomic mass is 19.1. The number of nitrogens with two attached hydrogens (primary N) is 1. The van der Waals surface area contributed by atoms with E-state index in [1.807, 2.05) is 0 Å². The number of carbonyl (C=O) groups excluding carboxylic acids is 2. The van der Waals surface area contributed by atoms with Gasteiger partial charge in [0, 0.05) is 25.2 Å². The first-order valence-corrected chi connectivity index (χ1v) is 10.0. The van der Waals surface area contributed by atoms with Gasteiger partial charge in [0.25, 0.3) is 0 Å². The van der Waals surface area contributed by atoms with Crippen LogP contribution in [0.1, 0.15) is 34.6 Å². The van der Waals surface area contributed by atoms with Crippen LogP contribution < -0.4 is 11.1 Å². The van der Waals surface area contributed by atoms with Crippen LogP contribution in [0.5, 0.6) is 0 Å². The molecule has 9 nitrogen and oxygen atoms in total. The second-order valence-electron chi connectivity index (χ2n) is 7.26. The molecule has 1 amide bonds. The number of nitrogens with one attached hydrogen (secondary N) is 1. The number of hydrogen-bond donors (Lipinski definition) is 2. The zero-order valence-corrected chi connectivity index (χ0v) is 17.1. The van der Waals surface area contributed by atoms with Gasteiger partial charge >= 0.3 is 5.97 Å². The van der Waals surface area contributed by atoms with Crippen LogP contribution in [0.2, 0.25) is 0 Å². The number of anilines is 3. The van der Waals surface area contributed by atoms with Crippen molar-refractivity contribution >= 4 is 29.5 Å². The molecule has 164 valence electrons. The molecule has 2 heterocycles. The fraction of sp³-hybridized carbons (Fsp3) is 0.227. The molecule has 1 saturated heterocycles. The number of benzene rings is 2. The fourth-order valence-electron chi connectivity index (χ4n) is 3.27. The Balaban J connectivity index is 1.35. The summed E-state index contributed by atoms with van der Waals surface area (Å²) in [4.78, 5) is 38.0. The summed E-state index contributed by atoms with van der Waals surface area (Å²) in [5, 5.41) is 2.89. The molecule has 0 bridgehead atoms. The van der Waals surface area contributed by atoms with Crippen molar-refractivity contribution in [3.05, 3.63) is 71.3 Å². The minimum atomic E-state index is -0.541. The summed E-state index contributed by atoms with van der Waals surface area (Å²) in [7, 11) is 0. The van der Waals surface area contributed by atoms with Gasteiger partial charge < -0.3 is 20.7 Å². The quantitative estimate of drug-likeness (QED) is 0.542. The van der Waals surface area contributed by atoms with Gasteiger partial charge in [-0.1, -0.05) is 12.1 Å². The van der Waals surface area contributed by atoms with Gasteiger partial charge in [0.15, 0.2) is 12.4 Å². The molecule has 0 unspecified atom stereocenters. The van der Waals surface area contributed by atoms with Gasteiger partial charge in [-0.2, -0.15) is 15.0 Å². The van der Waals surface area contributed by atoms with E-state index < -0.39 is 5.97 Å². The third-order valence-corrected chi connectivity index (χ3v) is 4.87. The maximum absolute atomic E-state index is 13.0. The second kappa shape index (κ2) is 9.38. The summed E-state index contributed by atoms with van der Waals surface area (Å²) in [5.41, 5.74) is 7.59. The first-order chi connectivity index (χ1) is 15.5. The van der Waals surface area contributed by atoms with E-state index in [-0.39, 0.29) is 36.1 Å². The van der Waals surface area contributed by atoms with Gasteiger partial charge in [-0.15, -0.1) is 0 Å². The molecule has 10 heteroatoms. The third-order valence-electron chi connectivity index (χ3n) is 4.87. The van der Waals surface area contributed by atoms with Crippen LogP contribution in [0.25, 0.3) is 0 Å². The number of amides is 1. The van der Waals surface area contributed by atoms with Gasteiger partial charge in [-0.05, 0) is 48.4 Å². The lowest BCUT2D eigenvalue weighted by atomic mass is 10.1. The number of nitrogens with zero attached hydrogens (tertiary/aromatic N) is 4. The van der Waals surface area contributed by atoms with Crippen LogP contribution in [0.15, 0.2) is 48.5 Å². The summed E-state index contributed by atoms with van der Waals surface area (Å²) in [6.45, 7) is 1.09. The Morgan fingerprint density at radius 3 is 2.53 bits per heavy atom. The van der Waals surface area contributed by atoms with Crippen molar-refractivity contribution in [2.45, 2.75) is 26.0 Å². The summed E-state index contributed by atoms with van der Waals surface area (Å²) >= 11 is 0. The predicted octanol–water partition coefficient (Wildman–Crippen LogP) is 2.82. The second-order valence-corrected chi connectivity index (χ2v) is 7.26. The molecule has 1 aliphatic heterocycles. The highest BCUT2D eigenvalue weighted by Crippen LogP contribution is 2.16. The standard InChI is InChI=1S/C22H21FN6O3/c23-16-7-9-17(10-8-16)25-22-27-18(26-21(24)28-22)13-32-20(31)15-5-3-14(4-6-15)12-29-11-1-2-19(29)30/h3-10H,1-2,11-13H2,(H3,24,25,26,27,28). The van der Waals surface area contributed by atoms with Crippen molar-refractivity contribution in [2.24, 2.45) is 0 Å². The van der Waals surface area contributed by atoms with Crippen molar-refractivity contribution in [1.29, 1.82) is 0 Å². The van der Waals surface area contributed by atoms with E-state index in [4.69, 9.17) is 10.5 Å². The Morgan fingerprint density at radius 2 is 1.84 bits per heavy atom. The van der Waals surface area contributed by atoms with E-state index in [2.05, 4.69) is 20.3 Å². The number of aromatic nitrogens is 3. The molecule has 0 radical (unpaired) electrons. The Kier molecular flexibility index (Phi) is 6.20. The average molecular weight is 436 g/mol. The summed E-state index contributed by atoms with van der Waals surface area (Å²) in [6, 6.07) is 12.6. The molecule has 32 heavy (non-hydrogen) atoms. The maximum Gasteiger partial charge on any atom is 0.338 e. The molecule has 3 N–H and O–H groups in total. The predicted molar refractivity (Wildman–Crippen MR) is 114 cm³/mol. The van der Waals surface area contributed by atoms with E-state index >= 15 is 0 Å². The minimum absolute atomic E-state index is 0.0449. The fourth-order valence-corrected chi connectivity index (χ4v) is 3.27. The van der Waals surface area contributed by atoms with Crippen LogP contribution >= 0.6 is 0 Å². The SMILES string of the molecule is Nc1nc(COC(=O)c2ccc(CN3CCCC3=O)cc2)nc(Nc2ccc(F)cc2)n1. The zero-order valence-electron chi connectivity index (χ0n) is 17.1. The Hall–Kier alpha value is -4.08. The first kappa shape index (κ1) is 21.2. The van der Waals surface area contributed by atoms with Gasteiger partial charge in [-0.3, -0.25) is 4.79 Å². The number of carbonyl (C=O) groups is 2. The van der Waals surface area contributed by atoms with Crippen LogP contribution in [0.3, 0.4) is 0 Å². The molecule has 0 atom stereocenters. The molecule has 2 aromatic carbocycles. The number of esters is 1. The number of hydrogen-bond acceptors (Lipinski definition) is 8. The van der Waals surface area contributed by atoms with Crippen LogP contribution in [0, 0.1) is 5.82 Å². The smallest absolute Gasteiger partial charge is 0.338 e. The van der Waals surface area contributed by atoms with Crippen molar-refractivity contribution in [3.8, 4) is 0 Å². The van der Waals surface area contributed by atoms with Crippen molar-refractivity contribution in [3.63, 3.8) is 0 Å². The van der Waals surface area contributed by atoms with E-state index in [1.165, 1.54) is 24.3 Å². The molecule has 1 aliphatic rings. The highest BCUT2D eigenvalue weighted by Gasteiger charge is 2.20. The summed E-state index contributed by atoms with van der Waals surface area (Å²) < 4.78 is 18.3. The average Bonchev–Trinajstić information content (AvgIpc) is 3.18. The Morgan fingerprint density at radius 1 is 1.09 bits per heavy atom. The third kappa shape index (κ3) is 5.34. The molecule has 1 aromatic heterocycles. The molecular formula is C22H21FN6O3. The lowest BCUT2D eigenvalue weighted by Gasteiger charge is -2.15. The number of nitrogen functional groups attached to an aromatic ring is 1. The molecule has 0 saturated carbocycles. The van der Waals surface area contributed by atoms with Crippen LogP contribution in [-0.2, 0) is 22.7 Å². The van der Waals surface area contributed by atoms with E-state index in [0.29, 0.717) is 24.2 Å². The van der Waals surface area contributed by atoms with Crippen molar-refractivity contribution in [2.75, 3.05) is 17.6 Å². The van der Waals surface area contributed by atoms with Gasteiger partial charge in [0.2, 0.25) is 17.8 Å². The monoisotopic (exact) mass is 436 g/mol. The number of ether oxygens (including phenoxy) is 1. The van der Waals surface area contributed by atoms with E-state index in [1.54, 1.807) is 29.2 Å². The molecular weight excluding hydrogens is 415 g/mol. The maximum atomic E-state index is 13.0. The Bertz CT molecular complexity index is 1120. The van der Waals surface area contributed by atoms with Crippen LogP contribution in [-0.4, -0.2) is 38.3 Å². The van der Waals surface area contributed by atoms with Crippen molar-refractivity contribution in [1.82, 2.24) is 19.9 Å². The number of rotatable bonds is 7. The van der Waals surface area contributed by atoms with Gasteiger partial charge in [0.05, 0.1) is 5.56 Å². The van der Waals surface area contributed by atoms with E-state index in [0.717, 1.165) is 18.5 Å². The Labute approximate surface area is 183 Å². The minimum Gasteiger partial charge on any atom is -0.454 e. The van der Waals surface area contributed by atoms with Crippen molar-refractivity contribution < 1.29 is 18.7 Å². The number of halogens is 1. The van der Waals surface area contributed by atoms with Gasteiger partial charge in [0.1, 0.15) is 5.82 Å². The molecule has 1 fully saturated rings. The lowest BCUT2D eigenvalue weighted by molar-refractivity contribution is -0.128. The zero-order chi connectivity index (χ0) is 22.5. The van der Waals surface area contributed by atoms with E-state index in [9.17, 15) is 14.0 Å². The highest BCUT2D eigenvalue weighted by molar-refractivity contribution is 5.89. The topological polar surface area (TPSA) is 123 Å². The lowest BCUT2D eigenvalue weighted by Crippen LogP contribution is -2.23. The van der Waals surface area contributed by atoms with Crippen LogP contribution in [0.4, 0.5) is 22.0 Å². The summed E-state index contributed by atoms with van der Waals surface area (Å²) in [6.07, 6.45) is 1.47. The largest absolute Gasteiger partial charge is 0.454 e. The molecule has 0 spiro atoms. The van der Waals surface area contributed by atoms with Gasteiger partial charge in [-0.25, -0.2) is 9.18 Å².